The van der Waals surface area contributed by atoms with E-state index in [1.165, 1.54) is 18.2 Å². The normalized spacial score (nSPS) is 11.6. The summed E-state index contributed by atoms with van der Waals surface area (Å²) in [4.78, 5) is 11.5. The predicted octanol–water partition coefficient (Wildman–Crippen LogP) is 1.76. The van der Waals surface area contributed by atoms with Gasteiger partial charge in [0.15, 0.2) is 0 Å². The number of nitriles is 1. The van der Waals surface area contributed by atoms with E-state index in [1.54, 1.807) is 13.0 Å². The van der Waals surface area contributed by atoms with Crippen molar-refractivity contribution < 1.29 is 9.18 Å². The number of hydrogen-bond acceptors (Lipinski definition) is 3. The van der Waals surface area contributed by atoms with Gasteiger partial charge in [0, 0.05) is 12.5 Å². The molecule has 90 valence electrons. The fourth-order valence-electron chi connectivity index (χ4n) is 1.31. The maximum absolute atomic E-state index is 13.2. The molecule has 3 N–H and O–H groups in total. The van der Waals surface area contributed by atoms with Crippen molar-refractivity contribution in [1.82, 2.24) is 0 Å². The van der Waals surface area contributed by atoms with E-state index in [9.17, 15) is 9.18 Å². The second kappa shape index (κ2) is 5.97. The van der Waals surface area contributed by atoms with E-state index < -0.39 is 5.82 Å². The van der Waals surface area contributed by atoms with Crippen molar-refractivity contribution in [3.05, 3.63) is 29.6 Å². The molecule has 0 radical (unpaired) electrons. The lowest BCUT2D eigenvalue weighted by Gasteiger charge is -2.08. The van der Waals surface area contributed by atoms with E-state index in [0.717, 1.165) is 0 Å². The molecule has 4 nitrogen and oxygen atoms in total. The molecule has 1 amide bonds. The summed E-state index contributed by atoms with van der Waals surface area (Å²) in [6, 6.07) is 5.76. The second-order valence-electron chi connectivity index (χ2n) is 3.84. The van der Waals surface area contributed by atoms with Crippen LogP contribution in [0.3, 0.4) is 0 Å². The second-order valence-corrected chi connectivity index (χ2v) is 3.84. The molecule has 0 saturated carbocycles. The van der Waals surface area contributed by atoms with E-state index in [-0.39, 0.29) is 29.6 Å². The molecule has 17 heavy (non-hydrogen) atoms. The molecule has 0 aromatic heterocycles. The Bertz CT molecular complexity index is 452. The highest BCUT2D eigenvalue weighted by molar-refractivity contribution is 5.92. The first-order valence-corrected chi connectivity index (χ1v) is 5.28. The van der Waals surface area contributed by atoms with Crippen molar-refractivity contribution in [2.24, 2.45) is 5.73 Å². The number of nitrogens with one attached hydrogen (secondary N) is 1. The first-order valence-electron chi connectivity index (χ1n) is 5.28. The summed E-state index contributed by atoms with van der Waals surface area (Å²) in [6.07, 6.45) is 0.794. The van der Waals surface area contributed by atoms with E-state index >= 15 is 0 Å². The largest absolute Gasteiger partial charge is 0.328 e. The third-order valence-corrected chi connectivity index (χ3v) is 2.23. The van der Waals surface area contributed by atoms with E-state index in [2.05, 4.69) is 5.32 Å². The number of anilines is 1. The molecule has 1 atom stereocenters. The number of carbonyl (C=O) groups excluding carboxylic acids is 1. The molecule has 0 bridgehead atoms. The number of hydrogen-bond donors (Lipinski definition) is 2. The molecule has 0 heterocycles. The van der Waals surface area contributed by atoms with Crippen LogP contribution >= 0.6 is 0 Å². The van der Waals surface area contributed by atoms with Crippen LogP contribution in [0, 0.1) is 17.1 Å². The van der Waals surface area contributed by atoms with Crippen LogP contribution in [-0.2, 0) is 4.79 Å². The zero-order valence-corrected chi connectivity index (χ0v) is 9.53. The Kier molecular flexibility index (Phi) is 4.61. The monoisotopic (exact) mass is 235 g/mol. The summed E-state index contributed by atoms with van der Waals surface area (Å²) in [5, 5.41) is 11.3. The fraction of sp³-hybridized carbons (Fsp3) is 0.333. The Morgan fingerprint density at radius 3 is 2.94 bits per heavy atom. The van der Waals surface area contributed by atoms with Crippen molar-refractivity contribution in [3.63, 3.8) is 0 Å². The highest BCUT2D eigenvalue weighted by Crippen LogP contribution is 2.18. The number of carbonyl (C=O) groups is 1. The van der Waals surface area contributed by atoms with Gasteiger partial charge in [-0.3, -0.25) is 4.79 Å². The summed E-state index contributed by atoms with van der Waals surface area (Å²) in [5.41, 5.74) is 5.57. The summed E-state index contributed by atoms with van der Waals surface area (Å²) in [7, 11) is 0. The number of amides is 1. The topological polar surface area (TPSA) is 78.9 Å². The third kappa shape index (κ3) is 3.85. The SMILES string of the molecule is CC(N)CCC(=O)Nc1cccc(F)c1C#N. The summed E-state index contributed by atoms with van der Waals surface area (Å²) in [6.45, 7) is 1.80. The zero-order chi connectivity index (χ0) is 12.8. The first-order chi connectivity index (χ1) is 8.04. The van der Waals surface area contributed by atoms with Crippen molar-refractivity contribution in [1.29, 1.82) is 5.26 Å². The van der Waals surface area contributed by atoms with Crippen LogP contribution in [0.5, 0.6) is 0 Å². The molecule has 0 aliphatic carbocycles. The molecule has 5 heteroatoms. The lowest BCUT2D eigenvalue weighted by Crippen LogP contribution is -2.19. The number of nitrogens with zero attached hydrogens (tertiary/aromatic N) is 1. The van der Waals surface area contributed by atoms with Gasteiger partial charge in [-0.25, -0.2) is 4.39 Å². The van der Waals surface area contributed by atoms with Gasteiger partial charge in [0.2, 0.25) is 5.91 Å². The summed E-state index contributed by atoms with van der Waals surface area (Å²) in [5.74, 6) is -0.915. The fourth-order valence-corrected chi connectivity index (χ4v) is 1.31. The van der Waals surface area contributed by atoms with Gasteiger partial charge in [-0.15, -0.1) is 0 Å². The molecule has 1 aromatic rings. The van der Waals surface area contributed by atoms with Gasteiger partial charge in [-0.2, -0.15) is 5.26 Å². The Morgan fingerprint density at radius 2 is 2.35 bits per heavy atom. The Labute approximate surface area is 99.2 Å². The minimum absolute atomic E-state index is 0.0660. The van der Waals surface area contributed by atoms with Gasteiger partial charge in [-0.1, -0.05) is 6.07 Å². The molecular formula is C12H14FN3O. The van der Waals surface area contributed by atoms with Gasteiger partial charge in [-0.05, 0) is 25.5 Å². The quantitative estimate of drug-likeness (QED) is 0.834. The maximum Gasteiger partial charge on any atom is 0.224 e. The Hall–Kier alpha value is -1.93. The van der Waals surface area contributed by atoms with Crippen LogP contribution in [-0.4, -0.2) is 11.9 Å². The molecule has 0 spiro atoms. The lowest BCUT2D eigenvalue weighted by molar-refractivity contribution is -0.116. The highest BCUT2D eigenvalue weighted by atomic mass is 19.1. The van der Waals surface area contributed by atoms with Gasteiger partial charge in [0.1, 0.15) is 17.4 Å². The summed E-state index contributed by atoms with van der Waals surface area (Å²) < 4.78 is 13.2. The van der Waals surface area contributed by atoms with Crippen molar-refractivity contribution in [3.8, 4) is 6.07 Å². The number of rotatable bonds is 4. The van der Waals surface area contributed by atoms with Crippen molar-refractivity contribution in [2.75, 3.05) is 5.32 Å². The first kappa shape index (κ1) is 13.1. The Morgan fingerprint density at radius 1 is 1.65 bits per heavy atom. The molecule has 0 aliphatic heterocycles. The average molecular weight is 235 g/mol. The molecule has 0 aliphatic rings. The van der Waals surface area contributed by atoms with Crippen molar-refractivity contribution >= 4 is 11.6 Å². The molecule has 1 aromatic carbocycles. The number of nitrogens with two attached hydrogens (primary N) is 1. The van der Waals surface area contributed by atoms with Crippen LogP contribution in [0.15, 0.2) is 18.2 Å². The molecule has 1 unspecified atom stereocenters. The predicted molar refractivity (Wildman–Crippen MR) is 62.6 cm³/mol. The minimum Gasteiger partial charge on any atom is -0.328 e. The van der Waals surface area contributed by atoms with Crippen LogP contribution in [0.2, 0.25) is 0 Å². The summed E-state index contributed by atoms with van der Waals surface area (Å²) >= 11 is 0. The smallest absolute Gasteiger partial charge is 0.224 e. The minimum atomic E-state index is -0.641. The van der Waals surface area contributed by atoms with Crippen LogP contribution < -0.4 is 11.1 Å². The van der Waals surface area contributed by atoms with Gasteiger partial charge >= 0.3 is 0 Å². The average Bonchev–Trinajstić information content (AvgIpc) is 2.27. The number of halogens is 1. The Balaban J connectivity index is 2.72. The highest BCUT2D eigenvalue weighted by Gasteiger charge is 2.10. The maximum atomic E-state index is 13.2. The van der Waals surface area contributed by atoms with E-state index in [4.69, 9.17) is 11.0 Å². The van der Waals surface area contributed by atoms with Crippen LogP contribution in [0.1, 0.15) is 25.3 Å². The third-order valence-electron chi connectivity index (χ3n) is 2.23. The number of benzene rings is 1. The molecule has 1 rings (SSSR count). The van der Waals surface area contributed by atoms with E-state index in [0.29, 0.717) is 6.42 Å². The van der Waals surface area contributed by atoms with Crippen LogP contribution in [0.25, 0.3) is 0 Å². The van der Waals surface area contributed by atoms with Gasteiger partial charge < -0.3 is 11.1 Å². The van der Waals surface area contributed by atoms with Crippen molar-refractivity contribution in [2.45, 2.75) is 25.8 Å². The molecule has 0 fully saturated rings. The van der Waals surface area contributed by atoms with Crippen LogP contribution in [0.4, 0.5) is 10.1 Å². The molecular weight excluding hydrogens is 221 g/mol. The van der Waals surface area contributed by atoms with Gasteiger partial charge in [0.25, 0.3) is 0 Å². The zero-order valence-electron chi connectivity index (χ0n) is 9.53. The lowest BCUT2D eigenvalue weighted by atomic mass is 10.1. The standard InChI is InChI=1S/C12H14FN3O/c1-8(15)5-6-12(17)16-11-4-2-3-10(13)9(11)7-14/h2-4,8H,5-6,15H2,1H3,(H,16,17). The van der Waals surface area contributed by atoms with Gasteiger partial charge in [0.05, 0.1) is 5.69 Å². The van der Waals surface area contributed by atoms with E-state index in [1.807, 2.05) is 0 Å². The molecule has 0 saturated heterocycles.